The van der Waals surface area contributed by atoms with Crippen LogP contribution in [0.4, 0.5) is 0 Å². The number of hydrogen-bond donors (Lipinski definition) is 0. The van der Waals surface area contributed by atoms with E-state index in [0.29, 0.717) is 0 Å². The first-order valence-electron chi connectivity index (χ1n) is 16.2. The Kier molecular flexibility index (Phi) is 16.1. The van der Waals surface area contributed by atoms with Crippen LogP contribution in [0.1, 0.15) is 19.3 Å². The van der Waals surface area contributed by atoms with Gasteiger partial charge in [-0.15, -0.1) is 0 Å². The Labute approximate surface area is 274 Å². The lowest BCUT2D eigenvalue weighted by Gasteiger charge is -2.40. The van der Waals surface area contributed by atoms with Crippen LogP contribution in [0.5, 0.6) is 0 Å². The monoisotopic (exact) mass is 728 g/mol. The van der Waals surface area contributed by atoms with Gasteiger partial charge in [-0.05, 0) is 90.7 Å². The van der Waals surface area contributed by atoms with Crippen molar-refractivity contribution in [2.45, 2.75) is 110 Å². The average molecular weight is 729 g/mol. The average Bonchev–Trinajstić information content (AvgIpc) is 2.87. The van der Waals surface area contributed by atoms with Gasteiger partial charge in [0.05, 0.1) is 0 Å². The van der Waals surface area contributed by atoms with E-state index in [4.69, 9.17) is 24.7 Å². The quantitative estimate of drug-likeness (QED) is 0.118. The van der Waals surface area contributed by atoms with E-state index in [1.165, 1.54) is 6.42 Å². The molecule has 0 atom stereocenters. The molecule has 0 saturated heterocycles. The van der Waals surface area contributed by atoms with Crippen molar-refractivity contribution in [3.05, 3.63) is 60.7 Å². The van der Waals surface area contributed by atoms with E-state index in [9.17, 15) is 0 Å². The van der Waals surface area contributed by atoms with Gasteiger partial charge >= 0.3 is 17.6 Å². The van der Waals surface area contributed by atoms with Crippen LogP contribution in [0, 0.1) is 0 Å². The van der Waals surface area contributed by atoms with E-state index in [-0.39, 0.29) is 0 Å². The molecule has 0 heterocycles. The van der Waals surface area contributed by atoms with Crippen molar-refractivity contribution in [3.63, 3.8) is 0 Å². The zero-order valence-corrected chi connectivity index (χ0v) is 37.7. The van der Waals surface area contributed by atoms with Gasteiger partial charge in [0.25, 0.3) is 0 Å². The number of unbranched alkanes of at least 4 members (excludes halogenated alkanes) is 2. The molecule has 0 amide bonds. The highest BCUT2D eigenvalue weighted by molar-refractivity contribution is 6.92. The molecular weight excluding hydrogens is 669 g/mol. The molecule has 0 unspecified atom stereocenters. The largest absolute Gasteiger partial charge is 0.505 e. The van der Waals surface area contributed by atoms with Gasteiger partial charge in [-0.3, -0.25) is 0 Å². The number of benzene rings is 2. The third kappa shape index (κ3) is 13.7. The summed E-state index contributed by atoms with van der Waals surface area (Å²) in [5, 5.41) is 2.24. The summed E-state index contributed by atoms with van der Waals surface area (Å²) in [6, 6.07) is 23.2. The molecule has 0 aliphatic carbocycles. The molecule has 2 aromatic carbocycles. The minimum atomic E-state index is -2.96. The fraction of sp³-hybridized carbons (Fsp3) is 0.586. The van der Waals surface area contributed by atoms with E-state index in [1.54, 1.807) is 0 Å². The first kappa shape index (κ1) is 39.1. The van der Waals surface area contributed by atoms with Crippen LogP contribution in [0.15, 0.2) is 60.7 Å². The molecule has 6 nitrogen and oxygen atoms in total. The van der Waals surface area contributed by atoms with Crippen LogP contribution in [-0.4, -0.2) is 70.4 Å². The molecule has 0 aliphatic rings. The van der Waals surface area contributed by atoms with Gasteiger partial charge in [-0.1, -0.05) is 79.9 Å². The van der Waals surface area contributed by atoms with Crippen molar-refractivity contribution in [2.75, 3.05) is 0 Å². The lowest BCUT2D eigenvalue weighted by molar-refractivity contribution is 0.281. The Balaban J connectivity index is 2.09. The van der Waals surface area contributed by atoms with Crippen molar-refractivity contribution < 1.29 is 24.7 Å². The maximum atomic E-state index is 7.14. The first-order chi connectivity index (χ1) is 20.0. The maximum Gasteiger partial charge on any atom is 0.505 e. The van der Waals surface area contributed by atoms with Gasteiger partial charge in [-0.2, -0.15) is 0 Å². The van der Waals surface area contributed by atoms with Gasteiger partial charge in [0.15, 0.2) is 52.8 Å². The molecule has 0 aromatic heterocycles. The molecule has 0 radical (unpaired) electrons. The lowest BCUT2D eigenvalue weighted by Crippen LogP contribution is -2.64. The summed E-state index contributed by atoms with van der Waals surface area (Å²) in [5.41, 5.74) is 0. The second kappa shape index (κ2) is 17.7. The van der Waals surface area contributed by atoms with Crippen LogP contribution in [0.25, 0.3) is 0 Å². The Morgan fingerprint density at radius 3 is 0.977 bits per heavy atom. The minimum absolute atomic E-state index is 1.09. The normalized spacial score (nSPS) is 13.6. The third-order valence-electron chi connectivity index (χ3n) is 6.70. The molecule has 244 valence electrons. The van der Waals surface area contributed by atoms with E-state index in [2.05, 4.69) is 139 Å². The maximum absolute atomic E-state index is 7.14. The molecule has 2 aromatic rings. The summed E-state index contributed by atoms with van der Waals surface area (Å²) in [5.74, 6) is 0. The molecule has 43 heavy (non-hydrogen) atoms. The molecule has 14 heteroatoms. The van der Waals surface area contributed by atoms with Crippen molar-refractivity contribution in [1.29, 1.82) is 0 Å². The summed E-state index contributed by atoms with van der Waals surface area (Å²) in [4.78, 5) is 0. The summed E-state index contributed by atoms with van der Waals surface area (Å²) in [6.45, 7) is 27.1. The predicted octanol–water partition coefficient (Wildman–Crippen LogP) is 6.29. The second-order valence-electron chi connectivity index (χ2n) is 13.8. The summed E-state index contributed by atoms with van der Waals surface area (Å²) in [7, 11) is -15.6. The van der Waals surface area contributed by atoms with Crippen LogP contribution >= 0.6 is 0 Å². The molecule has 0 aliphatic heterocycles. The Bertz CT molecular complexity index is 954. The van der Waals surface area contributed by atoms with Gasteiger partial charge in [-0.25, -0.2) is 0 Å². The van der Waals surface area contributed by atoms with Crippen LogP contribution < -0.4 is 10.4 Å². The molecule has 2 rings (SSSR count). The SMILES string of the molecule is C[SiH](C)O[Si](O[SiH](C)C)(O[Si](C)(C)CCCCC[Si](C)(C)O[Si](O[SiH](C)C)(O[SiH](C)C)c1ccccc1)c1ccccc1. The van der Waals surface area contributed by atoms with Crippen molar-refractivity contribution >= 4 is 80.8 Å². The highest BCUT2D eigenvalue weighted by Crippen LogP contribution is 2.28. The highest BCUT2D eigenvalue weighted by Gasteiger charge is 2.50. The van der Waals surface area contributed by atoms with E-state index in [0.717, 1.165) is 35.3 Å². The zero-order valence-electron chi connectivity index (χ0n) is 29.1. The molecule has 0 spiro atoms. The van der Waals surface area contributed by atoms with Crippen molar-refractivity contribution in [3.8, 4) is 0 Å². The summed E-state index contributed by atoms with van der Waals surface area (Å²) < 4.78 is 41.3. The van der Waals surface area contributed by atoms with E-state index >= 15 is 0 Å². The van der Waals surface area contributed by atoms with Gasteiger partial charge in [0.1, 0.15) is 0 Å². The standard InChI is InChI=1S/C29H60O6Si8/c1-36(2)30-42(31-37(3)4,28-22-16-13-17-23-28)34-40(9,10)26-20-15-21-27-41(11,12)35-43(32-38(5)6,33-39(7)8)29-24-18-14-19-25-29/h13-14,16-19,22-25,36-39H,15,20-21,26-27H2,1-12H3. The fourth-order valence-corrected chi connectivity index (χ4v) is 32.2. The van der Waals surface area contributed by atoms with E-state index in [1.807, 2.05) is 0 Å². The van der Waals surface area contributed by atoms with E-state index < -0.39 is 70.4 Å². The minimum Gasteiger partial charge on any atom is -0.416 e. The topological polar surface area (TPSA) is 55.4 Å². The molecule has 0 saturated carbocycles. The van der Waals surface area contributed by atoms with Crippen LogP contribution in [0.3, 0.4) is 0 Å². The summed E-state index contributed by atoms with van der Waals surface area (Å²) in [6.07, 6.45) is 3.46. The highest BCUT2D eigenvalue weighted by atomic mass is 28.5. The zero-order chi connectivity index (χ0) is 32.3. The predicted molar refractivity (Wildman–Crippen MR) is 204 cm³/mol. The Morgan fingerprint density at radius 1 is 0.442 bits per heavy atom. The number of rotatable bonds is 20. The lowest BCUT2D eigenvalue weighted by atomic mass is 10.3. The van der Waals surface area contributed by atoms with Gasteiger partial charge in [0.2, 0.25) is 0 Å². The third-order valence-corrected chi connectivity index (χ3v) is 31.0. The van der Waals surface area contributed by atoms with Crippen molar-refractivity contribution in [1.82, 2.24) is 0 Å². The van der Waals surface area contributed by atoms with Crippen LogP contribution in [-0.2, 0) is 24.7 Å². The van der Waals surface area contributed by atoms with Gasteiger partial charge < -0.3 is 24.7 Å². The summed E-state index contributed by atoms with van der Waals surface area (Å²) >= 11 is 0. The number of hydrogen-bond acceptors (Lipinski definition) is 6. The second-order valence-corrected chi connectivity index (χ2v) is 39.0. The Hall–Kier alpha value is -0.0649. The fourth-order valence-electron chi connectivity index (χ4n) is 5.18. The molecule has 0 bridgehead atoms. The first-order valence-corrected chi connectivity index (χ1v) is 37.0. The Morgan fingerprint density at radius 2 is 0.721 bits per heavy atom. The molecule has 0 fully saturated rings. The molecular formula is C29H60O6Si8. The van der Waals surface area contributed by atoms with Gasteiger partial charge in [0, 0.05) is 10.4 Å². The smallest absolute Gasteiger partial charge is 0.416 e. The van der Waals surface area contributed by atoms with Crippen LogP contribution in [0.2, 0.25) is 90.7 Å². The molecule has 0 N–H and O–H groups in total. The van der Waals surface area contributed by atoms with Crippen molar-refractivity contribution in [2.24, 2.45) is 0 Å².